The van der Waals surface area contributed by atoms with Crippen LogP contribution in [0, 0.1) is 23.3 Å². The maximum absolute atomic E-state index is 13.5. The molecule has 0 fully saturated rings. The van der Waals surface area contributed by atoms with E-state index >= 15 is 0 Å². The molecular weight excluding hydrogens is 316 g/mol. The second kappa shape index (κ2) is 6.47. The highest BCUT2D eigenvalue weighted by atomic mass is 19.2. The molecule has 0 aliphatic heterocycles. The van der Waals surface area contributed by atoms with Crippen LogP contribution in [0.5, 0.6) is 0 Å². The van der Waals surface area contributed by atoms with Gasteiger partial charge < -0.3 is 10.6 Å². The number of halogens is 4. The van der Waals surface area contributed by atoms with Gasteiger partial charge in [0, 0.05) is 18.3 Å². The molecule has 2 amide bonds. The van der Waals surface area contributed by atoms with Crippen molar-refractivity contribution in [2.45, 2.75) is 6.92 Å². The molecule has 2 aromatic rings. The summed E-state index contributed by atoms with van der Waals surface area (Å²) in [6.07, 6.45) is 0. The number of hydrogen-bond acceptors (Lipinski definition) is 2. The maximum atomic E-state index is 13.5. The van der Waals surface area contributed by atoms with Gasteiger partial charge in [-0.1, -0.05) is 0 Å². The van der Waals surface area contributed by atoms with Crippen LogP contribution >= 0.6 is 0 Å². The lowest BCUT2D eigenvalue weighted by atomic mass is 10.1. The number of hydrogen-bond donors (Lipinski definition) is 2. The molecule has 8 heteroatoms. The Labute approximate surface area is 128 Å². The molecule has 0 bridgehead atoms. The monoisotopic (exact) mass is 326 g/mol. The second-order valence-corrected chi connectivity index (χ2v) is 4.56. The second-order valence-electron chi connectivity index (χ2n) is 4.56. The summed E-state index contributed by atoms with van der Waals surface area (Å²) >= 11 is 0. The van der Waals surface area contributed by atoms with Crippen molar-refractivity contribution in [3.8, 4) is 0 Å². The van der Waals surface area contributed by atoms with Gasteiger partial charge in [0.15, 0.2) is 23.3 Å². The van der Waals surface area contributed by atoms with Crippen LogP contribution in [0.3, 0.4) is 0 Å². The quantitative estimate of drug-likeness (QED) is 0.516. The van der Waals surface area contributed by atoms with Crippen LogP contribution in [-0.2, 0) is 4.79 Å². The van der Waals surface area contributed by atoms with Crippen molar-refractivity contribution < 1.29 is 27.2 Å². The summed E-state index contributed by atoms with van der Waals surface area (Å²) in [5, 5.41) is 4.70. The summed E-state index contributed by atoms with van der Waals surface area (Å²) in [6, 6.07) is 5.96. The topological polar surface area (TPSA) is 58.2 Å². The summed E-state index contributed by atoms with van der Waals surface area (Å²) in [5.41, 5.74) is -0.318. The van der Waals surface area contributed by atoms with Crippen molar-refractivity contribution in [3.63, 3.8) is 0 Å². The molecule has 0 aliphatic carbocycles. The zero-order chi connectivity index (χ0) is 17.1. The Morgan fingerprint density at radius 1 is 0.826 bits per heavy atom. The summed E-state index contributed by atoms with van der Waals surface area (Å²) in [5.74, 6) is -8.94. The van der Waals surface area contributed by atoms with E-state index in [0.29, 0.717) is 5.69 Å². The van der Waals surface area contributed by atoms with Gasteiger partial charge in [-0.15, -0.1) is 0 Å². The summed E-state index contributed by atoms with van der Waals surface area (Å²) in [4.78, 5) is 22.7. The molecule has 2 N–H and O–H groups in total. The van der Waals surface area contributed by atoms with Crippen molar-refractivity contribution in [2.24, 2.45) is 0 Å². The standard InChI is InChI=1S/C15H10F4N2O2/c1-7(22)20-8-2-4-9(5-3-8)21-15(23)10-6-11(16)13(18)14(19)12(10)17/h2-6H,1H3,(H,20,22)(H,21,23). The predicted molar refractivity (Wildman–Crippen MR) is 75.0 cm³/mol. The minimum Gasteiger partial charge on any atom is -0.326 e. The van der Waals surface area contributed by atoms with Gasteiger partial charge >= 0.3 is 0 Å². The van der Waals surface area contributed by atoms with Gasteiger partial charge in [-0.25, -0.2) is 17.6 Å². The van der Waals surface area contributed by atoms with E-state index in [1.807, 2.05) is 0 Å². The zero-order valence-electron chi connectivity index (χ0n) is 11.7. The summed E-state index contributed by atoms with van der Waals surface area (Å²) in [7, 11) is 0. The molecule has 0 aliphatic rings. The largest absolute Gasteiger partial charge is 0.326 e. The summed E-state index contributed by atoms with van der Waals surface area (Å²) < 4.78 is 52.6. The van der Waals surface area contributed by atoms with Gasteiger partial charge in [-0.3, -0.25) is 9.59 Å². The molecule has 4 nitrogen and oxygen atoms in total. The first-order valence-electron chi connectivity index (χ1n) is 6.31. The Balaban J connectivity index is 2.21. The van der Waals surface area contributed by atoms with Gasteiger partial charge in [0.1, 0.15) is 0 Å². The molecule has 0 aromatic heterocycles. The van der Waals surface area contributed by atoms with E-state index in [1.54, 1.807) is 0 Å². The number of carbonyl (C=O) groups excluding carboxylic acids is 2. The first-order valence-corrected chi connectivity index (χ1v) is 6.31. The minimum atomic E-state index is -2.06. The molecule has 2 aromatic carbocycles. The molecule has 0 spiro atoms. The van der Waals surface area contributed by atoms with Crippen molar-refractivity contribution in [3.05, 3.63) is 59.2 Å². The minimum absolute atomic E-state index is 0.189. The Kier molecular flexibility index (Phi) is 4.63. The Bertz CT molecular complexity index is 776. The third-order valence-electron chi connectivity index (χ3n) is 2.81. The number of carbonyl (C=O) groups is 2. The molecule has 0 atom stereocenters. The lowest BCUT2D eigenvalue weighted by Gasteiger charge is -2.08. The molecule has 2 rings (SSSR count). The fraction of sp³-hybridized carbons (Fsp3) is 0.0667. The predicted octanol–water partition coefficient (Wildman–Crippen LogP) is 3.45. The number of rotatable bonds is 3. The zero-order valence-corrected chi connectivity index (χ0v) is 11.7. The fourth-order valence-corrected chi connectivity index (χ4v) is 1.78. The lowest BCUT2D eigenvalue weighted by molar-refractivity contribution is -0.114. The number of nitrogens with one attached hydrogen (secondary N) is 2. The van der Waals surface area contributed by atoms with Crippen LogP contribution in [0.2, 0.25) is 0 Å². The lowest BCUT2D eigenvalue weighted by Crippen LogP contribution is -2.16. The molecule has 120 valence electrons. The molecule has 0 heterocycles. The highest BCUT2D eigenvalue weighted by molar-refractivity contribution is 6.04. The van der Waals surface area contributed by atoms with Gasteiger partial charge in [-0.05, 0) is 30.3 Å². The van der Waals surface area contributed by atoms with E-state index in [0.717, 1.165) is 0 Å². The Morgan fingerprint density at radius 2 is 1.35 bits per heavy atom. The third kappa shape index (κ3) is 3.65. The first kappa shape index (κ1) is 16.5. The van der Waals surface area contributed by atoms with E-state index in [-0.39, 0.29) is 17.7 Å². The Hall–Kier alpha value is -2.90. The van der Waals surface area contributed by atoms with E-state index in [4.69, 9.17) is 0 Å². The van der Waals surface area contributed by atoms with E-state index in [1.165, 1.54) is 31.2 Å². The molecule has 23 heavy (non-hydrogen) atoms. The fourth-order valence-electron chi connectivity index (χ4n) is 1.78. The molecule has 0 unspecified atom stereocenters. The average Bonchev–Trinajstić information content (AvgIpc) is 2.50. The van der Waals surface area contributed by atoms with Gasteiger partial charge in [0.05, 0.1) is 5.56 Å². The molecule has 0 saturated carbocycles. The SMILES string of the molecule is CC(=O)Nc1ccc(NC(=O)c2cc(F)c(F)c(F)c2F)cc1. The van der Waals surface area contributed by atoms with E-state index < -0.39 is 34.7 Å². The van der Waals surface area contributed by atoms with Crippen molar-refractivity contribution in [1.29, 1.82) is 0 Å². The highest BCUT2D eigenvalue weighted by Gasteiger charge is 2.23. The van der Waals surface area contributed by atoms with Gasteiger partial charge in [0.2, 0.25) is 5.91 Å². The molecular formula is C15H10F4N2O2. The van der Waals surface area contributed by atoms with Crippen LogP contribution in [0.4, 0.5) is 28.9 Å². The molecule has 0 saturated heterocycles. The van der Waals surface area contributed by atoms with Gasteiger partial charge in [0.25, 0.3) is 5.91 Å². The van der Waals surface area contributed by atoms with E-state index in [2.05, 4.69) is 10.6 Å². The van der Waals surface area contributed by atoms with Crippen LogP contribution in [0.1, 0.15) is 17.3 Å². The van der Waals surface area contributed by atoms with Crippen molar-refractivity contribution >= 4 is 23.2 Å². The third-order valence-corrected chi connectivity index (χ3v) is 2.81. The maximum Gasteiger partial charge on any atom is 0.258 e. The van der Waals surface area contributed by atoms with Crippen LogP contribution in [0.25, 0.3) is 0 Å². The molecule has 0 radical (unpaired) electrons. The number of benzene rings is 2. The summed E-state index contributed by atoms with van der Waals surface area (Å²) in [6.45, 7) is 1.32. The van der Waals surface area contributed by atoms with Crippen LogP contribution in [0.15, 0.2) is 30.3 Å². The van der Waals surface area contributed by atoms with Crippen LogP contribution < -0.4 is 10.6 Å². The van der Waals surface area contributed by atoms with Gasteiger partial charge in [-0.2, -0.15) is 0 Å². The smallest absolute Gasteiger partial charge is 0.258 e. The van der Waals surface area contributed by atoms with Crippen molar-refractivity contribution in [2.75, 3.05) is 10.6 Å². The Morgan fingerprint density at radius 3 is 1.87 bits per heavy atom. The van der Waals surface area contributed by atoms with Crippen LogP contribution in [-0.4, -0.2) is 11.8 Å². The highest BCUT2D eigenvalue weighted by Crippen LogP contribution is 2.20. The van der Waals surface area contributed by atoms with E-state index in [9.17, 15) is 27.2 Å². The normalized spacial score (nSPS) is 10.3. The number of anilines is 2. The van der Waals surface area contributed by atoms with Crippen molar-refractivity contribution in [1.82, 2.24) is 0 Å². The number of amides is 2. The average molecular weight is 326 g/mol. The first-order chi connectivity index (χ1) is 10.8.